The molecule has 0 aliphatic rings. The molecular formula is C14H18ClN3O3S. The van der Waals surface area contributed by atoms with Crippen molar-refractivity contribution in [2.75, 3.05) is 14.2 Å². The van der Waals surface area contributed by atoms with Gasteiger partial charge in [0.05, 0.1) is 23.2 Å². The van der Waals surface area contributed by atoms with Gasteiger partial charge in [-0.2, -0.15) is 9.40 Å². The van der Waals surface area contributed by atoms with E-state index in [-0.39, 0.29) is 16.5 Å². The fraction of sp³-hybridized carbons (Fsp3) is 0.357. The van der Waals surface area contributed by atoms with Crippen LogP contribution in [-0.4, -0.2) is 36.7 Å². The van der Waals surface area contributed by atoms with Crippen molar-refractivity contribution in [2.45, 2.75) is 18.4 Å². The second-order valence-corrected chi connectivity index (χ2v) is 7.39. The molecule has 120 valence electrons. The van der Waals surface area contributed by atoms with Gasteiger partial charge in [-0.15, -0.1) is 0 Å². The van der Waals surface area contributed by atoms with Crippen LogP contribution in [0, 0.1) is 6.92 Å². The predicted octanol–water partition coefficient (Wildman–Crippen LogP) is 2.21. The molecule has 0 saturated heterocycles. The highest BCUT2D eigenvalue weighted by atomic mass is 35.5. The average molecular weight is 344 g/mol. The number of benzene rings is 1. The maximum absolute atomic E-state index is 12.6. The van der Waals surface area contributed by atoms with Gasteiger partial charge in [0.25, 0.3) is 0 Å². The van der Waals surface area contributed by atoms with Gasteiger partial charge in [0.1, 0.15) is 5.75 Å². The zero-order valence-corrected chi connectivity index (χ0v) is 14.4. The number of ether oxygens (including phenoxy) is 1. The Morgan fingerprint density at radius 2 is 2.09 bits per heavy atom. The highest BCUT2D eigenvalue weighted by molar-refractivity contribution is 7.89. The van der Waals surface area contributed by atoms with Crippen molar-refractivity contribution in [3.05, 3.63) is 40.7 Å². The molecule has 0 saturated carbocycles. The Labute approximate surface area is 135 Å². The summed E-state index contributed by atoms with van der Waals surface area (Å²) in [5.74, 6) is 0.436. The lowest BCUT2D eigenvalue weighted by Gasteiger charge is -2.17. The first kappa shape index (κ1) is 16.8. The largest absolute Gasteiger partial charge is 0.495 e. The maximum Gasteiger partial charge on any atom is 0.243 e. The van der Waals surface area contributed by atoms with Crippen LogP contribution in [0.3, 0.4) is 0 Å². The zero-order valence-electron chi connectivity index (χ0n) is 12.9. The lowest BCUT2D eigenvalue weighted by molar-refractivity contribution is 0.414. The van der Waals surface area contributed by atoms with Crippen molar-refractivity contribution in [1.29, 1.82) is 0 Å². The Morgan fingerprint density at radius 1 is 1.41 bits per heavy atom. The molecular weight excluding hydrogens is 326 g/mol. The second-order valence-electron chi connectivity index (χ2n) is 4.94. The number of aryl methyl sites for hydroxylation is 1. The van der Waals surface area contributed by atoms with E-state index in [2.05, 4.69) is 5.10 Å². The van der Waals surface area contributed by atoms with Crippen LogP contribution >= 0.6 is 11.6 Å². The Morgan fingerprint density at radius 3 is 2.59 bits per heavy atom. The van der Waals surface area contributed by atoms with Gasteiger partial charge in [-0.05, 0) is 25.1 Å². The molecule has 0 aliphatic carbocycles. The molecule has 0 unspecified atom stereocenters. The van der Waals surface area contributed by atoms with Crippen molar-refractivity contribution < 1.29 is 13.2 Å². The third kappa shape index (κ3) is 3.11. The first-order valence-corrected chi connectivity index (χ1v) is 8.36. The summed E-state index contributed by atoms with van der Waals surface area (Å²) < 4.78 is 33.2. The summed E-state index contributed by atoms with van der Waals surface area (Å²) in [5, 5.41) is 4.38. The van der Waals surface area contributed by atoms with E-state index in [4.69, 9.17) is 16.3 Å². The molecule has 6 nitrogen and oxygen atoms in total. The summed E-state index contributed by atoms with van der Waals surface area (Å²) in [6.07, 6.45) is 1.67. The normalized spacial score (nSPS) is 11.9. The van der Waals surface area contributed by atoms with Gasteiger partial charge in [0.15, 0.2) is 0 Å². The standard InChI is InChI=1S/C14H18ClN3O3S/c1-10-11(8-16-18(10)3)9-17(2)22(19,20)12-5-6-14(21-4)13(15)7-12/h5-8H,9H2,1-4H3. The van der Waals surface area contributed by atoms with Crippen molar-refractivity contribution in [3.63, 3.8) is 0 Å². The van der Waals surface area contributed by atoms with Crippen LogP contribution < -0.4 is 4.74 Å². The van der Waals surface area contributed by atoms with Gasteiger partial charge in [0.2, 0.25) is 10.0 Å². The summed E-state index contributed by atoms with van der Waals surface area (Å²) in [4.78, 5) is 0.127. The molecule has 0 fully saturated rings. The third-order valence-electron chi connectivity index (χ3n) is 3.56. The number of hydrogen-bond acceptors (Lipinski definition) is 4. The monoisotopic (exact) mass is 343 g/mol. The molecule has 22 heavy (non-hydrogen) atoms. The van der Waals surface area contributed by atoms with E-state index in [9.17, 15) is 8.42 Å². The van der Waals surface area contributed by atoms with E-state index < -0.39 is 10.0 Å². The molecule has 8 heteroatoms. The van der Waals surface area contributed by atoms with E-state index in [1.54, 1.807) is 16.9 Å². The van der Waals surface area contributed by atoms with Crippen LogP contribution in [-0.2, 0) is 23.6 Å². The van der Waals surface area contributed by atoms with Gasteiger partial charge in [-0.25, -0.2) is 8.42 Å². The van der Waals surface area contributed by atoms with Crippen LogP contribution in [0.4, 0.5) is 0 Å². The lowest BCUT2D eigenvalue weighted by atomic mass is 10.3. The Kier molecular flexibility index (Phi) is 4.79. The Bertz CT molecular complexity index is 787. The van der Waals surface area contributed by atoms with E-state index >= 15 is 0 Å². The SMILES string of the molecule is COc1ccc(S(=O)(=O)N(C)Cc2cnn(C)c2C)cc1Cl. The van der Waals surface area contributed by atoms with Crippen LogP contribution in [0.15, 0.2) is 29.3 Å². The van der Waals surface area contributed by atoms with Crippen molar-refractivity contribution in [3.8, 4) is 5.75 Å². The van der Waals surface area contributed by atoms with Gasteiger partial charge in [-0.3, -0.25) is 4.68 Å². The summed E-state index contributed by atoms with van der Waals surface area (Å²) in [7, 11) is 1.19. The Hall–Kier alpha value is -1.57. The molecule has 0 bridgehead atoms. The van der Waals surface area contributed by atoms with Crippen molar-refractivity contribution in [1.82, 2.24) is 14.1 Å². The number of hydrogen-bond donors (Lipinski definition) is 0. The molecule has 0 atom stereocenters. The van der Waals surface area contributed by atoms with Crippen LogP contribution in [0.2, 0.25) is 5.02 Å². The third-order valence-corrected chi connectivity index (χ3v) is 5.66. The summed E-state index contributed by atoms with van der Waals surface area (Å²) in [6, 6.07) is 4.41. The summed E-state index contributed by atoms with van der Waals surface area (Å²) in [5.41, 5.74) is 1.78. The summed E-state index contributed by atoms with van der Waals surface area (Å²) >= 11 is 6.01. The molecule has 0 N–H and O–H groups in total. The minimum absolute atomic E-state index is 0.127. The number of aromatic nitrogens is 2. The van der Waals surface area contributed by atoms with E-state index in [1.165, 1.54) is 30.6 Å². The fourth-order valence-corrected chi connectivity index (χ4v) is 3.51. The fourth-order valence-electron chi connectivity index (χ4n) is 2.01. The smallest absolute Gasteiger partial charge is 0.243 e. The molecule has 1 aromatic carbocycles. The van der Waals surface area contributed by atoms with Crippen LogP contribution in [0.5, 0.6) is 5.75 Å². The molecule has 0 spiro atoms. The molecule has 0 radical (unpaired) electrons. The van der Waals surface area contributed by atoms with E-state index in [0.717, 1.165) is 11.3 Å². The van der Waals surface area contributed by atoms with Gasteiger partial charge in [-0.1, -0.05) is 11.6 Å². The number of rotatable bonds is 5. The Balaban J connectivity index is 2.29. The highest BCUT2D eigenvalue weighted by Crippen LogP contribution is 2.28. The minimum atomic E-state index is -3.64. The molecule has 2 aromatic rings. The zero-order chi connectivity index (χ0) is 16.5. The molecule has 0 amide bonds. The maximum atomic E-state index is 12.6. The van der Waals surface area contributed by atoms with Gasteiger partial charge in [0, 0.05) is 31.9 Å². The first-order valence-electron chi connectivity index (χ1n) is 6.54. The number of halogens is 1. The topological polar surface area (TPSA) is 64.4 Å². The van der Waals surface area contributed by atoms with Gasteiger partial charge >= 0.3 is 0 Å². The highest BCUT2D eigenvalue weighted by Gasteiger charge is 2.23. The number of nitrogens with zero attached hydrogens (tertiary/aromatic N) is 3. The minimum Gasteiger partial charge on any atom is -0.495 e. The first-order chi connectivity index (χ1) is 10.3. The summed E-state index contributed by atoms with van der Waals surface area (Å²) in [6.45, 7) is 2.14. The molecule has 1 heterocycles. The quantitative estimate of drug-likeness (QED) is 0.835. The number of sulfonamides is 1. The molecule has 1 aromatic heterocycles. The van der Waals surface area contributed by atoms with E-state index in [0.29, 0.717) is 5.75 Å². The van der Waals surface area contributed by atoms with Crippen LogP contribution in [0.1, 0.15) is 11.3 Å². The molecule has 2 rings (SSSR count). The average Bonchev–Trinajstić information content (AvgIpc) is 2.79. The van der Waals surface area contributed by atoms with E-state index in [1.807, 2.05) is 14.0 Å². The lowest BCUT2D eigenvalue weighted by Crippen LogP contribution is -2.26. The van der Waals surface area contributed by atoms with Gasteiger partial charge < -0.3 is 4.74 Å². The van der Waals surface area contributed by atoms with Crippen molar-refractivity contribution in [2.24, 2.45) is 7.05 Å². The second kappa shape index (κ2) is 6.28. The predicted molar refractivity (Wildman–Crippen MR) is 84.6 cm³/mol. The van der Waals surface area contributed by atoms with Crippen molar-refractivity contribution >= 4 is 21.6 Å². The molecule has 0 aliphatic heterocycles. The van der Waals surface area contributed by atoms with Crippen LogP contribution in [0.25, 0.3) is 0 Å². The number of methoxy groups -OCH3 is 1.